The monoisotopic (exact) mass is 218 g/mol. The van der Waals surface area contributed by atoms with Gasteiger partial charge in [0.15, 0.2) is 0 Å². The van der Waals surface area contributed by atoms with Crippen molar-refractivity contribution in [3.05, 3.63) is 18.2 Å². The SMILES string of the molecule is Nc1onc2ccc(OC(F)(F)F)cc12. The van der Waals surface area contributed by atoms with Crippen molar-refractivity contribution >= 4 is 16.8 Å². The van der Waals surface area contributed by atoms with Crippen molar-refractivity contribution in [3.63, 3.8) is 0 Å². The summed E-state index contributed by atoms with van der Waals surface area (Å²) in [6.07, 6.45) is -4.72. The van der Waals surface area contributed by atoms with Crippen LogP contribution in [-0.2, 0) is 0 Å². The molecule has 0 bridgehead atoms. The molecule has 0 radical (unpaired) electrons. The minimum absolute atomic E-state index is 0.0439. The lowest BCUT2D eigenvalue weighted by molar-refractivity contribution is -0.274. The van der Waals surface area contributed by atoms with Gasteiger partial charge in [-0.3, -0.25) is 0 Å². The van der Waals surface area contributed by atoms with Crippen LogP contribution in [0.5, 0.6) is 5.75 Å². The summed E-state index contributed by atoms with van der Waals surface area (Å²) in [6, 6.07) is 3.59. The van der Waals surface area contributed by atoms with Crippen molar-refractivity contribution in [2.24, 2.45) is 0 Å². The number of alkyl halides is 3. The molecule has 0 aliphatic heterocycles. The van der Waals surface area contributed by atoms with E-state index in [0.717, 1.165) is 12.1 Å². The fourth-order valence-electron chi connectivity index (χ4n) is 1.14. The highest BCUT2D eigenvalue weighted by atomic mass is 19.4. The average Bonchev–Trinajstić information content (AvgIpc) is 2.45. The molecule has 1 heterocycles. The molecule has 0 amide bonds. The Hall–Kier alpha value is -1.92. The maximum absolute atomic E-state index is 11.9. The lowest BCUT2D eigenvalue weighted by Crippen LogP contribution is -2.16. The molecule has 4 nitrogen and oxygen atoms in total. The van der Waals surface area contributed by atoms with Crippen LogP contribution in [0.2, 0.25) is 0 Å². The second-order valence-corrected chi connectivity index (χ2v) is 2.77. The molecule has 0 fully saturated rings. The Balaban J connectivity index is 2.42. The van der Waals surface area contributed by atoms with Gasteiger partial charge in [-0.25, -0.2) is 0 Å². The van der Waals surface area contributed by atoms with E-state index in [1.807, 2.05) is 0 Å². The molecule has 0 aliphatic carbocycles. The molecule has 2 rings (SSSR count). The van der Waals surface area contributed by atoms with E-state index in [0.29, 0.717) is 5.52 Å². The summed E-state index contributed by atoms with van der Waals surface area (Å²) in [5.41, 5.74) is 5.72. The summed E-state index contributed by atoms with van der Waals surface area (Å²) in [4.78, 5) is 0. The number of hydrogen-bond donors (Lipinski definition) is 1. The highest BCUT2D eigenvalue weighted by Crippen LogP contribution is 2.28. The molecule has 0 atom stereocenters. The van der Waals surface area contributed by atoms with Crippen LogP contribution < -0.4 is 10.5 Å². The van der Waals surface area contributed by atoms with Gasteiger partial charge >= 0.3 is 6.36 Å². The zero-order valence-corrected chi connectivity index (χ0v) is 7.21. The number of fused-ring (bicyclic) bond motifs is 1. The number of nitrogens with two attached hydrogens (primary N) is 1. The smallest absolute Gasteiger partial charge is 0.406 e. The summed E-state index contributed by atoms with van der Waals surface area (Å²) < 4.78 is 43.9. The maximum Gasteiger partial charge on any atom is 0.573 e. The van der Waals surface area contributed by atoms with Gasteiger partial charge in [-0.2, -0.15) is 0 Å². The molecule has 0 spiro atoms. The van der Waals surface area contributed by atoms with E-state index in [1.165, 1.54) is 6.07 Å². The molecule has 1 aromatic heterocycles. The Morgan fingerprint density at radius 3 is 2.73 bits per heavy atom. The van der Waals surface area contributed by atoms with Gasteiger partial charge in [-0.1, -0.05) is 5.16 Å². The Labute approximate surface area is 81.4 Å². The van der Waals surface area contributed by atoms with Crippen molar-refractivity contribution in [2.45, 2.75) is 6.36 Å². The topological polar surface area (TPSA) is 61.3 Å². The van der Waals surface area contributed by atoms with Gasteiger partial charge in [-0.15, -0.1) is 13.2 Å². The number of hydrogen-bond acceptors (Lipinski definition) is 4. The van der Waals surface area contributed by atoms with E-state index in [2.05, 4.69) is 14.4 Å². The predicted molar refractivity (Wildman–Crippen MR) is 45.1 cm³/mol. The molecule has 0 saturated carbocycles. The molecule has 0 saturated heterocycles. The van der Waals surface area contributed by atoms with Crippen molar-refractivity contribution in [2.75, 3.05) is 5.73 Å². The van der Waals surface area contributed by atoms with Crippen LogP contribution in [0.25, 0.3) is 10.9 Å². The lowest BCUT2D eigenvalue weighted by atomic mass is 10.2. The first-order valence-electron chi connectivity index (χ1n) is 3.86. The standard InChI is InChI=1S/C8H5F3N2O2/c9-8(10,11)14-4-1-2-6-5(3-4)7(12)15-13-6/h1-3H,12H2. The van der Waals surface area contributed by atoms with Crippen LogP contribution in [0.3, 0.4) is 0 Å². The predicted octanol–water partition coefficient (Wildman–Crippen LogP) is 2.31. The molecular formula is C8H5F3N2O2. The van der Waals surface area contributed by atoms with Crippen molar-refractivity contribution in [3.8, 4) is 5.75 Å². The van der Waals surface area contributed by atoms with Crippen molar-refractivity contribution in [1.29, 1.82) is 0 Å². The number of halogens is 3. The van der Waals surface area contributed by atoms with E-state index in [9.17, 15) is 13.2 Å². The molecule has 1 aromatic carbocycles. The average molecular weight is 218 g/mol. The fourth-order valence-corrected chi connectivity index (χ4v) is 1.14. The van der Waals surface area contributed by atoms with Crippen LogP contribution in [0.1, 0.15) is 0 Å². The zero-order chi connectivity index (χ0) is 11.1. The van der Waals surface area contributed by atoms with E-state index >= 15 is 0 Å². The molecule has 7 heteroatoms. The first-order chi connectivity index (χ1) is 6.96. The quantitative estimate of drug-likeness (QED) is 0.797. The van der Waals surface area contributed by atoms with E-state index in [4.69, 9.17) is 5.73 Å². The third kappa shape index (κ3) is 1.95. The van der Waals surface area contributed by atoms with Gasteiger partial charge in [0.1, 0.15) is 11.3 Å². The highest BCUT2D eigenvalue weighted by Gasteiger charge is 2.31. The number of nitrogens with zero attached hydrogens (tertiary/aromatic N) is 1. The van der Waals surface area contributed by atoms with Crippen LogP contribution in [0.4, 0.5) is 19.1 Å². The molecule has 0 unspecified atom stereocenters. The Bertz CT molecular complexity index is 492. The molecule has 2 aromatic rings. The van der Waals surface area contributed by atoms with Crippen molar-refractivity contribution < 1.29 is 22.4 Å². The number of nitrogen functional groups attached to an aromatic ring is 1. The third-order valence-electron chi connectivity index (χ3n) is 1.71. The van der Waals surface area contributed by atoms with E-state index < -0.39 is 6.36 Å². The minimum Gasteiger partial charge on any atom is -0.406 e. The fraction of sp³-hybridized carbons (Fsp3) is 0.125. The third-order valence-corrected chi connectivity index (χ3v) is 1.71. The van der Waals surface area contributed by atoms with Crippen LogP contribution in [0, 0.1) is 0 Å². The van der Waals surface area contributed by atoms with E-state index in [1.54, 1.807) is 0 Å². The number of rotatable bonds is 1. The molecule has 80 valence electrons. The molecular weight excluding hydrogens is 213 g/mol. The number of anilines is 1. The van der Waals surface area contributed by atoms with Crippen molar-refractivity contribution in [1.82, 2.24) is 5.16 Å². The van der Waals surface area contributed by atoms with Gasteiger partial charge in [0.2, 0.25) is 5.88 Å². The van der Waals surface area contributed by atoms with Crippen LogP contribution in [0.15, 0.2) is 22.7 Å². The summed E-state index contributed by atoms with van der Waals surface area (Å²) in [7, 11) is 0. The molecule has 15 heavy (non-hydrogen) atoms. The molecule has 0 aliphatic rings. The summed E-state index contributed by atoms with van der Waals surface area (Å²) in [5, 5.41) is 3.81. The van der Waals surface area contributed by atoms with Crippen LogP contribution in [-0.4, -0.2) is 11.5 Å². The number of ether oxygens (including phenoxy) is 1. The second kappa shape index (κ2) is 3.04. The summed E-state index contributed by atoms with van der Waals surface area (Å²) in [6.45, 7) is 0. The highest BCUT2D eigenvalue weighted by molar-refractivity contribution is 5.88. The van der Waals surface area contributed by atoms with Gasteiger partial charge in [0.05, 0.1) is 5.39 Å². The first-order valence-corrected chi connectivity index (χ1v) is 3.86. The Kier molecular flexibility index (Phi) is 1.95. The van der Waals surface area contributed by atoms with Gasteiger partial charge in [-0.05, 0) is 18.2 Å². The summed E-state index contributed by atoms with van der Waals surface area (Å²) >= 11 is 0. The number of benzene rings is 1. The van der Waals surface area contributed by atoms with Gasteiger partial charge < -0.3 is 15.0 Å². The molecule has 2 N–H and O–H groups in total. The Morgan fingerprint density at radius 1 is 1.33 bits per heavy atom. The van der Waals surface area contributed by atoms with Gasteiger partial charge in [0.25, 0.3) is 0 Å². The largest absolute Gasteiger partial charge is 0.573 e. The van der Waals surface area contributed by atoms with E-state index in [-0.39, 0.29) is 17.0 Å². The number of aromatic nitrogens is 1. The normalized spacial score (nSPS) is 11.9. The van der Waals surface area contributed by atoms with Crippen LogP contribution >= 0.6 is 0 Å². The summed E-state index contributed by atoms with van der Waals surface area (Å²) in [5.74, 6) is -0.400. The zero-order valence-electron chi connectivity index (χ0n) is 7.21. The lowest BCUT2D eigenvalue weighted by Gasteiger charge is -2.07. The van der Waals surface area contributed by atoms with Gasteiger partial charge in [0, 0.05) is 0 Å². The Morgan fingerprint density at radius 2 is 2.07 bits per heavy atom. The minimum atomic E-state index is -4.72. The first kappa shape index (κ1) is 9.63. The maximum atomic E-state index is 11.9. The second-order valence-electron chi connectivity index (χ2n) is 2.77.